The van der Waals surface area contributed by atoms with Gasteiger partial charge >= 0.3 is 12.3 Å². The fourth-order valence-corrected chi connectivity index (χ4v) is 5.30. The first kappa shape index (κ1) is 31.8. The highest BCUT2D eigenvalue weighted by atomic mass is 35.5. The van der Waals surface area contributed by atoms with Crippen molar-refractivity contribution in [2.24, 2.45) is 10.7 Å². The Labute approximate surface area is 267 Å². The van der Waals surface area contributed by atoms with Crippen LogP contribution >= 0.6 is 11.6 Å². The van der Waals surface area contributed by atoms with Crippen LogP contribution in [0.3, 0.4) is 0 Å². The van der Waals surface area contributed by atoms with Crippen LogP contribution in [0.1, 0.15) is 48.3 Å². The standard InChI is InChI=1S/C29H23ClF5N9O3/c30-18-6-5-17(11-20(18)44-24(23(31)32)39-14-40-44)21(13-47-27(46)42-28(7-8-28)29(33,34)35)43-25(45)22(41-26(43)36)16-3-1-15(2-4-16)19-12-37-9-10-38-19/h1-6,9-12,14,21-23H,7-8,13H2,(H2,36,41)(H,42,46). The van der Waals surface area contributed by atoms with Crippen molar-refractivity contribution in [2.45, 2.75) is 43.1 Å². The number of alkyl halides is 5. The fourth-order valence-electron chi connectivity index (χ4n) is 5.10. The number of benzene rings is 2. The maximum absolute atomic E-state index is 13.9. The first-order valence-corrected chi connectivity index (χ1v) is 14.3. The predicted octanol–water partition coefficient (Wildman–Crippen LogP) is 5.08. The molecule has 1 saturated carbocycles. The molecule has 2 aromatic heterocycles. The van der Waals surface area contributed by atoms with Crippen molar-refractivity contribution in [1.29, 1.82) is 0 Å². The molecular formula is C29H23ClF5N9O3. The molecule has 3 heterocycles. The van der Waals surface area contributed by atoms with Crippen molar-refractivity contribution in [3.8, 4) is 16.9 Å². The van der Waals surface area contributed by atoms with Crippen molar-refractivity contribution in [3.63, 3.8) is 0 Å². The Morgan fingerprint density at radius 3 is 2.51 bits per heavy atom. The molecule has 2 atom stereocenters. The number of aliphatic imine (C=N–C) groups is 1. The smallest absolute Gasteiger partial charge is 0.411 e. The summed E-state index contributed by atoms with van der Waals surface area (Å²) in [5.74, 6) is -1.66. The van der Waals surface area contributed by atoms with Gasteiger partial charge in [0.25, 0.3) is 12.3 Å². The number of halogens is 6. The molecule has 1 aliphatic heterocycles. The number of alkyl carbamates (subject to hydrolysis) is 1. The van der Waals surface area contributed by atoms with Crippen LogP contribution in [0, 0.1) is 0 Å². The van der Waals surface area contributed by atoms with E-state index in [0.29, 0.717) is 11.3 Å². The summed E-state index contributed by atoms with van der Waals surface area (Å²) in [7, 11) is 0. The third-order valence-corrected chi connectivity index (χ3v) is 8.05. The molecule has 12 nitrogen and oxygen atoms in total. The average molecular weight is 676 g/mol. The quantitative estimate of drug-likeness (QED) is 0.233. The van der Waals surface area contributed by atoms with Gasteiger partial charge in [0.05, 0.1) is 28.6 Å². The number of amides is 2. The number of rotatable bonds is 9. The van der Waals surface area contributed by atoms with Gasteiger partial charge in [0.1, 0.15) is 18.5 Å². The normalized spacial score (nSPS) is 17.9. The lowest BCUT2D eigenvalue weighted by Crippen LogP contribution is -2.49. The van der Waals surface area contributed by atoms with E-state index in [4.69, 9.17) is 22.1 Å². The minimum atomic E-state index is -4.70. The lowest BCUT2D eigenvalue weighted by Gasteiger charge is -2.29. The Bertz CT molecular complexity index is 1830. The second-order valence-electron chi connectivity index (χ2n) is 10.7. The van der Waals surface area contributed by atoms with Crippen LogP contribution in [0.25, 0.3) is 16.9 Å². The summed E-state index contributed by atoms with van der Waals surface area (Å²) in [4.78, 5) is 43.6. The van der Waals surface area contributed by atoms with Crippen LogP contribution in [-0.4, -0.2) is 65.9 Å². The van der Waals surface area contributed by atoms with Gasteiger partial charge in [-0.25, -0.2) is 28.2 Å². The predicted molar refractivity (Wildman–Crippen MR) is 155 cm³/mol. The Morgan fingerprint density at radius 1 is 1.13 bits per heavy atom. The molecule has 0 saturated heterocycles. The number of guanidine groups is 1. The summed E-state index contributed by atoms with van der Waals surface area (Å²) in [5.41, 5.74) is 5.70. The van der Waals surface area contributed by atoms with E-state index in [9.17, 15) is 31.5 Å². The van der Waals surface area contributed by atoms with Crippen LogP contribution in [-0.2, 0) is 9.53 Å². The third-order valence-electron chi connectivity index (χ3n) is 7.74. The summed E-state index contributed by atoms with van der Waals surface area (Å²) in [5, 5.41) is 5.66. The molecule has 0 radical (unpaired) electrons. The van der Waals surface area contributed by atoms with E-state index in [-0.39, 0.29) is 35.1 Å². The molecule has 2 aromatic carbocycles. The van der Waals surface area contributed by atoms with Crippen LogP contribution in [0.4, 0.5) is 26.7 Å². The van der Waals surface area contributed by atoms with Gasteiger partial charge in [-0.2, -0.15) is 18.3 Å². The van der Waals surface area contributed by atoms with Crippen molar-refractivity contribution in [2.75, 3.05) is 6.61 Å². The summed E-state index contributed by atoms with van der Waals surface area (Å²) < 4.78 is 73.7. The number of nitrogens with one attached hydrogen (secondary N) is 1. The monoisotopic (exact) mass is 675 g/mol. The zero-order chi connectivity index (χ0) is 33.5. The van der Waals surface area contributed by atoms with E-state index < -0.39 is 54.7 Å². The van der Waals surface area contributed by atoms with Crippen LogP contribution in [0.5, 0.6) is 0 Å². The van der Waals surface area contributed by atoms with Crippen molar-refractivity contribution in [3.05, 3.63) is 89.4 Å². The molecule has 6 rings (SSSR count). The maximum atomic E-state index is 13.9. The van der Waals surface area contributed by atoms with Gasteiger partial charge < -0.3 is 15.8 Å². The third kappa shape index (κ3) is 6.17. The Balaban J connectivity index is 1.31. The molecule has 18 heteroatoms. The summed E-state index contributed by atoms with van der Waals surface area (Å²) in [6.45, 7) is -0.694. The summed E-state index contributed by atoms with van der Waals surface area (Å²) >= 11 is 6.32. The molecule has 3 N–H and O–H groups in total. The van der Waals surface area contributed by atoms with Crippen LogP contribution in [0.2, 0.25) is 5.02 Å². The SMILES string of the molecule is NC1=NC(c2ccc(-c3cnccn3)cc2)C(=O)N1C(COC(=O)NC1(C(F)(F)F)CC1)c1ccc(Cl)c(-n2ncnc2C(F)F)c1. The molecule has 2 amide bonds. The van der Waals surface area contributed by atoms with Crippen molar-refractivity contribution < 1.29 is 36.3 Å². The lowest BCUT2D eigenvalue weighted by molar-refractivity contribution is -0.164. The molecule has 1 fully saturated rings. The molecule has 0 bridgehead atoms. The van der Waals surface area contributed by atoms with Crippen LogP contribution in [0.15, 0.2) is 72.4 Å². The first-order chi connectivity index (χ1) is 22.4. The number of hydrogen-bond donors (Lipinski definition) is 2. The second-order valence-corrected chi connectivity index (χ2v) is 11.1. The number of nitrogens with two attached hydrogens (primary N) is 1. The topological polar surface area (TPSA) is 154 Å². The minimum Gasteiger partial charge on any atom is -0.447 e. The molecule has 4 aromatic rings. The molecule has 1 aliphatic carbocycles. The van der Waals surface area contributed by atoms with Gasteiger partial charge in [-0.05, 0) is 36.1 Å². The number of aromatic nitrogens is 5. The summed E-state index contributed by atoms with van der Waals surface area (Å²) in [6, 6.07) is 8.36. The van der Waals surface area contributed by atoms with E-state index in [2.05, 4.69) is 25.0 Å². The Kier molecular flexibility index (Phi) is 8.25. The number of carbonyl (C=O) groups excluding carboxylic acids is 2. The summed E-state index contributed by atoms with van der Waals surface area (Å²) in [6.07, 6.45) is -4.21. The van der Waals surface area contributed by atoms with Gasteiger partial charge in [-0.1, -0.05) is 41.9 Å². The first-order valence-electron chi connectivity index (χ1n) is 13.9. The molecule has 0 spiro atoms. The average Bonchev–Trinajstić information content (AvgIpc) is 3.56. The van der Waals surface area contributed by atoms with Crippen LogP contribution < -0.4 is 11.1 Å². The highest BCUT2D eigenvalue weighted by Gasteiger charge is 2.64. The van der Waals surface area contributed by atoms with E-state index in [1.165, 1.54) is 30.6 Å². The second kappa shape index (κ2) is 12.2. The molecular weight excluding hydrogens is 653 g/mol. The minimum absolute atomic E-state index is 0.0186. The molecule has 2 unspecified atom stereocenters. The molecule has 244 valence electrons. The highest BCUT2D eigenvalue weighted by Crippen LogP contribution is 2.49. The number of hydrogen-bond acceptors (Lipinski definition) is 9. The van der Waals surface area contributed by atoms with Gasteiger partial charge in [0.2, 0.25) is 0 Å². The van der Waals surface area contributed by atoms with Gasteiger partial charge in [0.15, 0.2) is 17.8 Å². The van der Waals surface area contributed by atoms with Gasteiger partial charge in [-0.15, -0.1) is 0 Å². The van der Waals surface area contributed by atoms with E-state index in [1.807, 2.05) is 5.32 Å². The Morgan fingerprint density at radius 2 is 1.87 bits per heavy atom. The van der Waals surface area contributed by atoms with Crippen molar-refractivity contribution in [1.82, 2.24) is 34.9 Å². The number of carbonyl (C=O) groups is 2. The largest absolute Gasteiger partial charge is 0.447 e. The Hall–Kier alpha value is -5.19. The van der Waals surface area contributed by atoms with Crippen molar-refractivity contribution >= 4 is 29.6 Å². The maximum Gasteiger partial charge on any atom is 0.411 e. The zero-order valence-corrected chi connectivity index (χ0v) is 24.7. The number of nitrogens with zero attached hydrogens (tertiary/aromatic N) is 7. The van der Waals surface area contributed by atoms with E-state index >= 15 is 0 Å². The lowest BCUT2D eigenvalue weighted by atomic mass is 10.0. The number of ether oxygens (including phenoxy) is 1. The molecule has 47 heavy (non-hydrogen) atoms. The van der Waals surface area contributed by atoms with Gasteiger partial charge in [0, 0.05) is 18.0 Å². The molecule has 2 aliphatic rings. The van der Waals surface area contributed by atoms with Gasteiger partial charge in [-0.3, -0.25) is 19.7 Å². The van der Waals surface area contributed by atoms with E-state index in [0.717, 1.165) is 21.5 Å². The fraction of sp³-hybridized carbons (Fsp3) is 0.276. The zero-order valence-electron chi connectivity index (χ0n) is 23.9. The van der Waals surface area contributed by atoms with E-state index in [1.54, 1.807) is 30.5 Å². The highest BCUT2D eigenvalue weighted by molar-refractivity contribution is 6.32.